The molecule has 1 N–H and O–H groups in total. The average molecular weight is 436 g/mol. The SMILES string of the molecule is CCn1c2c(c(=O)n3ncc(C(=O)NCC4CCCO4)c13)CN(Cc1ccccc1)CC2. The number of nitrogens with one attached hydrogen (secondary N) is 1. The number of carbonyl (C=O) groups is 1. The molecule has 1 unspecified atom stereocenters. The molecule has 1 fully saturated rings. The number of benzene rings is 1. The highest BCUT2D eigenvalue weighted by atomic mass is 16.5. The van der Waals surface area contributed by atoms with Gasteiger partial charge in [0.1, 0.15) is 5.56 Å². The molecular weight excluding hydrogens is 406 g/mol. The molecule has 0 saturated carbocycles. The molecule has 1 aromatic carbocycles. The molecule has 0 radical (unpaired) electrons. The van der Waals surface area contributed by atoms with Gasteiger partial charge < -0.3 is 14.6 Å². The van der Waals surface area contributed by atoms with Gasteiger partial charge in [0.05, 0.1) is 17.9 Å². The summed E-state index contributed by atoms with van der Waals surface area (Å²) >= 11 is 0. The quantitative estimate of drug-likeness (QED) is 0.641. The minimum absolute atomic E-state index is 0.0671. The molecule has 2 aliphatic rings. The minimum Gasteiger partial charge on any atom is -0.376 e. The lowest BCUT2D eigenvalue weighted by Crippen LogP contribution is -2.39. The van der Waals surface area contributed by atoms with Crippen LogP contribution in [0.5, 0.6) is 0 Å². The smallest absolute Gasteiger partial charge is 0.279 e. The van der Waals surface area contributed by atoms with E-state index >= 15 is 0 Å². The largest absolute Gasteiger partial charge is 0.376 e. The lowest BCUT2D eigenvalue weighted by Gasteiger charge is -2.30. The molecule has 5 rings (SSSR count). The van der Waals surface area contributed by atoms with Gasteiger partial charge in [-0.05, 0) is 25.3 Å². The standard InChI is InChI=1S/C24H29N5O3/c1-2-28-21-10-11-27(15-17-7-4-3-5-8-17)16-20(21)24(31)29-23(28)19(14-26-29)22(30)25-13-18-9-6-12-32-18/h3-5,7-8,14,18H,2,6,9-13,15-16H2,1H3,(H,25,30). The third-order valence-corrected chi connectivity index (χ3v) is 6.49. The first kappa shape index (κ1) is 20.9. The van der Waals surface area contributed by atoms with Crippen molar-refractivity contribution in [3.8, 4) is 0 Å². The summed E-state index contributed by atoms with van der Waals surface area (Å²) in [5, 5.41) is 7.28. The van der Waals surface area contributed by atoms with Crippen LogP contribution >= 0.6 is 0 Å². The molecule has 2 aromatic heterocycles. The third kappa shape index (κ3) is 3.84. The fourth-order valence-corrected chi connectivity index (χ4v) is 4.89. The number of amides is 1. The maximum Gasteiger partial charge on any atom is 0.279 e. The number of fused-ring (bicyclic) bond motifs is 2. The van der Waals surface area contributed by atoms with Crippen LogP contribution in [-0.2, 0) is 30.8 Å². The van der Waals surface area contributed by atoms with Gasteiger partial charge in [-0.15, -0.1) is 0 Å². The van der Waals surface area contributed by atoms with Crippen molar-refractivity contribution in [1.82, 2.24) is 24.4 Å². The molecule has 1 atom stereocenters. The Bertz CT molecular complexity index is 1180. The lowest BCUT2D eigenvalue weighted by atomic mass is 10.0. The second-order valence-corrected chi connectivity index (χ2v) is 8.56. The second-order valence-electron chi connectivity index (χ2n) is 8.56. The molecule has 1 amide bonds. The minimum atomic E-state index is -0.210. The van der Waals surface area contributed by atoms with Gasteiger partial charge in [-0.25, -0.2) is 0 Å². The molecule has 8 heteroatoms. The first-order valence-electron chi connectivity index (χ1n) is 11.4. The van der Waals surface area contributed by atoms with Crippen molar-refractivity contribution in [3.05, 3.63) is 69.3 Å². The summed E-state index contributed by atoms with van der Waals surface area (Å²) < 4.78 is 9.09. The van der Waals surface area contributed by atoms with Crippen LogP contribution in [0.2, 0.25) is 0 Å². The van der Waals surface area contributed by atoms with E-state index in [1.54, 1.807) is 0 Å². The van der Waals surface area contributed by atoms with E-state index in [4.69, 9.17) is 4.74 Å². The molecule has 32 heavy (non-hydrogen) atoms. The molecule has 8 nitrogen and oxygen atoms in total. The fourth-order valence-electron chi connectivity index (χ4n) is 4.89. The van der Waals surface area contributed by atoms with Crippen LogP contribution < -0.4 is 10.9 Å². The van der Waals surface area contributed by atoms with Crippen LogP contribution in [0, 0.1) is 0 Å². The first-order chi connectivity index (χ1) is 15.7. The lowest BCUT2D eigenvalue weighted by molar-refractivity contribution is 0.0858. The van der Waals surface area contributed by atoms with Crippen molar-refractivity contribution in [2.45, 2.75) is 51.9 Å². The molecule has 1 saturated heterocycles. The van der Waals surface area contributed by atoms with Crippen molar-refractivity contribution in [3.63, 3.8) is 0 Å². The Morgan fingerprint density at radius 2 is 2.12 bits per heavy atom. The van der Waals surface area contributed by atoms with E-state index in [9.17, 15) is 9.59 Å². The monoisotopic (exact) mass is 435 g/mol. The van der Waals surface area contributed by atoms with Gasteiger partial charge >= 0.3 is 0 Å². The number of nitrogens with zero attached hydrogens (tertiary/aromatic N) is 4. The number of aromatic nitrogens is 3. The van der Waals surface area contributed by atoms with Crippen LogP contribution in [0.3, 0.4) is 0 Å². The Morgan fingerprint density at radius 3 is 2.88 bits per heavy atom. The van der Waals surface area contributed by atoms with Crippen molar-refractivity contribution >= 4 is 11.6 Å². The molecule has 0 bridgehead atoms. The zero-order valence-electron chi connectivity index (χ0n) is 18.4. The van der Waals surface area contributed by atoms with Gasteiger partial charge in [-0.3, -0.25) is 14.5 Å². The normalized spacial score (nSPS) is 18.7. The van der Waals surface area contributed by atoms with Crippen molar-refractivity contribution < 1.29 is 9.53 Å². The van der Waals surface area contributed by atoms with E-state index in [-0.39, 0.29) is 17.6 Å². The van der Waals surface area contributed by atoms with Gasteiger partial charge in [0.15, 0.2) is 5.65 Å². The number of aryl methyl sites for hydroxylation is 1. The molecule has 2 aliphatic heterocycles. The fraction of sp³-hybridized carbons (Fsp3) is 0.458. The molecule has 0 spiro atoms. The maximum atomic E-state index is 13.4. The van der Waals surface area contributed by atoms with Gasteiger partial charge in [-0.2, -0.15) is 9.61 Å². The molecule has 0 aliphatic carbocycles. The summed E-state index contributed by atoms with van der Waals surface area (Å²) in [6.45, 7) is 6.20. The Balaban J connectivity index is 1.45. The van der Waals surface area contributed by atoms with E-state index in [2.05, 4.69) is 32.0 Å². The Kier molecular flexibility index (Phi) is 5.80. The van der Waals surface area contributed by atoms with Crippen molar-refractivity contribution in [1.29, 1.82) is 0 Å². The number of rotatable bonds is 6. The van der Waals surface area contributed by atoms with Crippen molar-refractivity contribution in [2.24, 2.45) is 0 Å². The predicted octanol–water partition coefficient (Wildman–Crippen LogP) is 1.98. The zero-order chi connectivity index (χ0) is 22.1. The van der Waals surface area contributed by atoms with E-state index in [0.717, 1.165) is 50.2 Å². The van der Waals surface area contributed by atoms with Crippen LogP contribution in [0.25, 0.3) is 5.65 Å². The van der Waals surface area contributed by atoms with Gasteiger partial charge in [0.2, 0.25) is 0 Å². The number of carbonyl (C=O) groups excluding carboxylic acids is 1. The maximum absolute atomic E-state index is 13.4. The van der Waals surface area contributed by atoms with Crippen LogP contribution in [0.4, 0.5) is 0 Å². The second kappa shape index (κ2) is 8.88. The van der Waals surface area contributed by atoms with Gasteiger partial charge in [0, 0.05) is 51.4 Å². The highest BCUT2D eigenvalue weighted by Crippen LogP contribution is 2.22. The van der Waals surface area contributed by atoms with Gasteiger partial charge in [-0.1, -0.05) is 30.3 Å². The summed E-state index contributed by atoms with van der Waals surface area (Å²) in [7, 11) is 0. The number of hydrogen-bond acceptors (Lipinski definition) is 5. The summed E-state index contributed by atoms with van der Waals surface area (Å²) in [6.07, 6.45) is 4.34. The predicted molar refractivity (Wildman–Crippen MR) is 121 cm³/mol. The van der Waals surface area contributed by atoms with Gasteiger partial charge in [0.25, 0.3) is 11.5 Å². The number of hydrogen-bond donors (Lipinski definition) is 1. The van der Waals surface area contributed by atoms with E-state index in [0.29, 0.717) is 30.8 Å². The summed E-state index contributed by atoms with van der Waals surface area (Å²) in [5.74, 6) is -0.210. The highest BCUT2D eigenvalue weighted by molar-refractivity contribution is 5.99. The average Bonchev–Trinajstić information content (AvgIpc) is 3.49. The third-order valence-electron chi connectivity index (χ3n) is 6.49. The summed E-state index contributed by atoms with van der Waals surface area (Å²) in [5.41, 5.74) is 3.92. The zero-order valence-corrected chi connectivity index (χ0v) is 18.4. The molecule has 168 valence electrons. The van der Waals surface area contributed by atoms with E-state index < -0.39 is 0 Å². The van der Waals surface area contributed by atoms with E-state index in [1.807, 2.05) is 25.1 Å². The first-order valence-corrected chi connectivity index (χ1v) is 11.4. The Labute approximate surface area is 186 Å². The van der Waals surface area contributed by atoms with Crippen LogP contribution in [0.15, 0.2) is 41.3 Å². The number of ether oxygens (including phenoxy) is 1. The topological polar surface area (TPSA) is 80.9 Å². The molecule has 4 heterocycles. The van der Waals surface area contributed by atoms with Crippen molar-refractivity contribution in [2.75, 3.05) is 19.7 Å². The van der Waals surface area contributed by atoms with Crippen LogP contribution in [0.1, 0.15) is 46.9 Å². The Hall–Kier alpha value is -2.97. The summed E-state index contributed by atoms with van der Waals surface area (Å²) in [6, 6.07) is 10.3. The van der Waals surface area contributed by atoms with E-state index in [1.165, 1.54) is 16.3 Å². The molecule has 3 aromatic rings. The summed E-state index contributed by atoms with van der Waals surface area (Å²) in [4.78, 5) is 28.6. The Morgan fingerprint density at radius 1 is 1.28 bits per heavy atom. The van der Waals surface area contributed by atoms with Crippen LogP contribution in [-0.4, -0.2) is 50.8 Å². The highest BCUT2D eigenvalue weighted by Gasteiger charge is 2.27. The molecular formula is C24H29N5O3.